The third kappa shape index (κ3) is 3.17. The summed E-state index contributed by atoms with van der Waals surface area (Å²) in [6, 6.07) is 1.80. The van der Waals surface area contributed by atoms with Crippen LogP contribution in [0.25, 0.3) is 0 Å². The third-order valence-corrected chi connectivity index (χ3v) is 3.07. The van der Waals surface area contributed by atoms with Gasteiger partial charge in [-0.25, -0.2) is 4.98 Å². The van der Waals surface area contributed by atoms with Gasteiger partial charge in [0.1, 0.15) is 18.0 Å². The summed E-state index contributed by atoms with van der Waals surface area (Å²) in [6.07, 6.45) is 4.08. The molecule has 0 bridgehead atoms. The second-order valence-corrected chi connectivity index (χ2v) is 4.81. The second kappa shape index (κ2) is 5.46. The summed E-state index contributed by atoms with van der Waals surface area (Å²) >= 11 is 9.21. The molecule has 0 atom stereocenters. The molecule has 17 heavy (non-hydrogen) atoms. The molecule has 0 amide bonds. The first kappa shape index (κ1) is 12.3. The lowest BCUT2D eigenvalue weighted by Crippen LogP contribution is -2.09. The van der Waals surface area contributed by atoms with Crippen molar-refractivity contribution in [3.8, 4) is 0 Å². The van der Waals surface area contributed by atoms with Crippen LogP contribution in [0.15, 0.2) is 23.1 Å². The number of aromatic nitrogens is 4. The Morgan fingerprint density at radius 2 is 2.35 bits per heavy atom. The Hall–Kier alpha value is -1.14. The zero-order valence-electron chi connectivity index (χ0n) is 9.19. The van der Waals surface area contributed by atoms with Gasteiger partial charge in [0.05, 0.1) is 9.50 Å². The monoisotopic (exact) mass is 315 g/mol. The van der Waals surface area contributed by atoms with Gasteiger partial charge in [0.2, 0.25) is 0 Å². The standard InChI is InChI=1S/C10H11BrClN5/c1-17-6-15-16-9(17)2-3-13-10-8(11)4-7(12)5-14-10/h4-6H,2-3H2,1H3,(H,13,14). The number of nitrogens with zero attached hydrogens (tertiary/aromatic N) is 4. The van der Waals surface area contributed by atoms with Gasteiger partial charge in [-0.05, 0) is 22.0 Å². The number of hydrogen-bond donors (Lipinski definition) is 1. The van der Waals surface area contributed by atoms with E-state index < -0.39 is 0 Å². The zero-order chi connectivity index (χ0) is 12.3. The average molecular weight is 317 g/mol. The lowest BCUT2D eigenvalue weighted by molar-refractivity contribution is 0.787. The van der Waals surface area contributed by atoms with Gasteiger partial charge in [-0.2, -0.15) is 0 Å². The Kier molecular flexibility index (Phi) is 3.96. The van der Waals surface area contributed by atoms with Crippen molar-refractivity contribution >= 4 is 33.3 Å². The van der Waals surface area contributed by atoms with Crippen molar-refractivity contribution < 1.29 is 0 Å². The molecule has 0 saturated carbocycles. The van der Waals surface area contributed by atoms with E-state index in [0.29, 0.717) is 5.02 Å². The molecule has 7 heteroatoms. The molecular weight excluding hydrogens is 306 g/mol. The molecule has 0 saturated heterocycles. The molecule has 90 valence electrons. The Bertz CT molecular complexity index is 513. The van der Waals surface area contributed by atoms with Crippen LogP contribution in [0, 0.1) is 0 Å². The van der Waals surface area contributed by atoms with Gasteiger partial charge in [-0.3, -0.25) is 0 Å². The molecule has 2 aromatic heterocycles. The van der Waals surface area contributed by atoms with Crippen molar-refractivity contribution in [1.82, 2.24) is 19.7 Å². The summed E-state index contributed by atoms with van der Waals surface area (Å²) in [5.41, 5.74) is 0. The van der Waals surface area contributed by atoms with E-state index in [2.05, 4.69) is 36.4 Å². The zero-order valence-corrected chi connectivity index (χ0v) is 11.5. The fraction of sp³-hybridized carbons (Fsp3) is 0.300. The second-order valence-electron chi connectivity index (χ2n) is 3.52. The van der Waals surface area contributed by atoms with Crippen LogP contribution < -0.4 is 5.32 Å². The van der Waals surface area contributed by atoms with Crippen molar-refractivity contribution in [2.75, 3.05) is 11.9 Å². The molecule has 0 aromatic carbocycles. The fourth-order valence-electron chi connectivity index (χ4n) is 1.37. The van der Waals surface area contributed by atoms with Crippen LogP contribution in [0.5, 0.6) is 0 Å². The van der Waals surface area contributed by atoms with Crippen molar-refractivity contribution in [3.05, 3.63) is 33.9 Å². The molecule has 0 aliphatic heterocycles. The van der Waals surface area contributed by atoms with E-state index in [9.17, 15) is 0 Å². The summed E-state index contributed by atoms with van der Waals surface area (Å²) in [7, 11) is 1.92. The van der Waals surface area contributed by atoms with Gasteiger partial charge in [0.25, 0.3) is 0 Å². The molecule has 1 N–H and O–H groups in total. The number of aryl methyl sites for hydroxylation is 1. The van der Waals surface area contributed by atoms with Gasteiger partial charge in [0, 0.05) is 26.2 Å². The van der Waals surface area contributed by atoms with Crippen LogP contribution in [0.1, 0.15) is 5.82 Å². The first-order valence-corrected chi connectivity index (χ1v) is 6.21. The summed E-state index contributed by atoms with van der Waals surface area (Å²) < 4.78 is 2.74. The molecule has 5 nitrogen and oxygen atoms in total. The Labute approximate surface area is 112 Å². The number of pyridine rings is 1. The summed E-state index contributed by atoms with van der Waals surface area (Å²) in [4.78, 5) is 4.19. The van der Waals surface area contributed by atoms with Crippen LogP contribution in [0.2, 0.25) is 5.02 Å². The van der Waals surface area contributed by atoms with Gasteiger partial charge in [0.15, 0.2) is 0 Å². The highest BCUT2D eigenvalue weighted by molar-refractivity contribution is 9.10. The van der Waals surface area contributed by atoms with Crippen LogP contribution >= 0.6 is 27.5 Å². The fourth-order valence-corrected chi connectivity index (χ4v) is 2.15. The van der Waals surface area contributed by atoms with E-state index in [4.69, 9.17) is 11.6 Å². The average Bonchev–Trinajstić information content (AvgIpc) is 2.68. The number of anilines is 1. The smallest absolute Gasteiger partial charge is 0.140 e. The molecule has 0 fully saturated rings. The van der Waals surface area contributed by atoms with Gasteiger partial charge < -0.3 is 9.88 Å². The van der Waals surface area contributed by atoms with E-state index in [1.54, 1.807) is 18.6 Å². The lowest BCUT2D eigenvalue weighted by atomic mass is 10.4. The Morgan fingerprint density at radius 1 is 1.53 bits per heavy atom. The van der Waals surface area contributed by atoms with E-state index >= 15 is 0 Å². The normalized spacial score (nSPS) is 10.5. The number of nitrogens with one attached hydrogen (secondary N) is 1. The van der Waals surface area contributed by atoms with Crippen LogP contribution in [0.3, 0.4) is 0 Å². The maximum Gasteiger partial charge on any atom is 0.140 e. The summed E-state index contributed by atoms with van der Waals surface area (Å²) in [5, 5.41) is 11.6. The maximum atomic E-state index is 5.81. The largest absolute Gasteiger partial charge is 0.369 e. The quantitative estimate of drug-likeness (QED) is 0.940. The van der Waals surface area contributed by atoms with Crippen molar-refractivity contribution in [3.63, 3.8) is 0 Å². The van der Waals surface area contributed by atoms with Gasteiger partial charge in [-0.15, -0.1) is 10.2 Å². The van der Waals surface area contributed by atoms with E-state index in [1.807, 2.05) is 11.6 Å². The molecule has 2 aromatic rings. The molecule has 0 radical (unpaired) electrons. The predicted octanol–water partition coefficient (Wildman–Crippen LogP) is 2.28. The van der Waals surface area contributed by atoms with E-state index in [-0.39, 0.29) is 0 Å². The third-order valence-electron chi connectivity index (χ3n) is 2.25. The first-order chi connectivity index (χ1) is 8.16. The summed E-state index contributed by atoms with van der Waals surface area (Å²) in [5.74, 6) is 1.71. The van der Waals surface area contributed by atoms with Crippen LogP contribution in [0.4, 0.5) is 5.82 Å². The van der Waals surface area contributed by atoms with Crippen molar-refractivity contribution in [2.24, 2.45) is 7.05 Å². The number of halogens is 2. The summed E-state index contributed by atoms with van der Waals surface area (Å²) in [6.45, 7) is 0.736. The molecule has 0 unspecified atom stereocenters. The molecule has 2 heterocycles. The predicted molar refractivity (Wildman–Crippen MR) is 70.1 cm³/mol. The highest BCUT2D eigenvalue weighted by Gasteiger charge is 2.03. The molecule has 0 aliphatic carbocycles. The van der Waals surface area contributed by atoms with Crippen LogP contribution in [-0.2, 0) is 13.5 Å². The lowest BCUT2D eigenvalue weighted by Gasteiger charge is -2.07. The highest BCUT2D eigenvalue weighted by Crippen LogP contribution is 2.22. The SMILES string of the molecule is Cn1cnnc1CCNc1ncc(Cl)cc1Br. The topological polar surface area (TPSA) is 55.6 Å². The highest BCUT2D eigenvalue weighted by atomic mass is 79.9. The van der Waals surface area contributed by atoms with E-state index in [1.165, 1.54) is 0 Å². The molecule has 0 aliphatic rings. The minimum absolute atomic E-state index is 0.607. The van der Waals surface area contributed by atoms with Crippen LogP contribution in [-0.4, -0.2) is 26.3 Å². The Balaban J connectivity index is 1.92. The minimum Gasteiger partial charge on any atom is -0.369 e. The molecule has 2 rings (SSSR count). The van der Waals surface area contributed by atoms with E-state index in [0.717, 1.165) is 29.1 Å². The molecule has 0 spiro atoms. The number of rotatable bonds is 4. The van der Waals surface area contributed by atoms with Crippen molar-refractivity contribution in [2.45, 2.75) is 6.42 Å². The minimum atomic E-state index is 0.607. The molecular formula is C10H11BrClN5. The maximum absolute atomic E-state index is 5.81. The first-order valence-electron chi connectivity index (χ1n) is 5.04. The Morgan fingerprint density at radius 3 is 3.00 bits per heavy atom. The van der Waals surface area contributed by atoms with Gasteiger partial charge >= 0.3 is 0 Å². The van der Waals surface area contributed by atoms with Crippen molar-refractivity contribution in [1.29, 1.82) is 0 Å². The number of hydrogen-bond acceptors (Lipinski definition) is 4. The van der Waals surface area contributed by atoms with Gasteiger partial charge in [-0.1, -0.05) is 11.6 Å².